The van der Waals surface area contributed by atoms with Crippen LogP contribution in [0, 0.1) is 0 Å². The summed E-state index contributed by atoms with van der Waals surface area (Å²) in [6.45, 7) is 2.93. The highest BCUT2D eigenvalue weighted by Gasteiger charge is 2.17. The normalized spacial score (nSPS) is 23.8. The van der Waals surface area contributed by atoms with Crippen LogP contribution in [0.4, 0.5) is 0 Å². The van der Waals surface area contributed by atoms with Crippen LogP contribution in [0.25, 0.3) is 0 Å². The van der Waals surface area contributed by atoms with Crippen LogP contribution in [-0.2, 0) is 0 Å². The number of alkyl halides is 1. The monoisotopic (exact) mass is 219 g/mol. The number of hydrogen-bond acceptors (Lipinski definition) is 1. The van der Waals surface area contributed by atoms with Gasteiger partial charge in [0.1, 0.15) is 0 Å². The van der Waals surface area contributed by atoms with Crippen molar-refractivity contribution < 1.29 is 0 Å². The zero-order chi connectivity index (χ0) is 10.0. The number of halogens is 2. The van der Waals surface area contributed by atoms with E-state index >= 15 is 0 Å². The summed E-state index contributed by atoms with van der Waals surface area (Å²) < 4.78 is 0. The van der Waals surface area contributed by atoms with Gasteiger partial charge in [0, 0.05) is 11.6 Å². The number of nitrogens with zero attached hydrogens (tertiary/aromatic N) is 1. The Balaban J connectivity index is 2.75. The molecule has 0 N–H and O–H groups in total. The van der Waals surface area contributed by atoms with Gasteiger partial charge in [-0.25, -0.2) is 0 Å². The van der Waals surface area contributed by atoms with Crippen molar-refractivity contribution >= 4 is 23.2 Å². The zero-order valence-electron chi connectivity index (χ0n) is 8.27. The molecule has 0 aromatic heterocycles. The smallest absolute Gasteiger partial charge is 0.0597 e. The summed E-state index contributed by atoms with van der Waals surface area (Å²) in [5, 5.41) is 0.885. The molecule has 13 heavy (non-hydrogen) atoms. The third-order valence-corrected chi connectivity index (χ3v) is 3.03. The Morgan fingerprint density at radius 3 is 2.62 bits per heavy atom. The first kappa shape index (κ1) is 11.1. The molecule has 0 aromatic carbocycles. The van der Waals surface area contributed by atoms with Gasteiger partial charge in [0.05, 0.1) is 5.38 Å². The summed E-state index contributed by atoms with van der Waals surface area (Å²) in [4.78, 5) is 2.13. The van der Waals surface area contributed by atoms with Gasteiger partial charge in [-0.1, -0.05) is 17.2 Å². The lowest BCUT2D eigenvalue weighted by atomic mass is 9.98. The third-order valence-electron chi connectivity index (χ3n) is 2.14. The molecule has 0 spiro atoms. The molecular weight excluding hydrogens is 205 g/mol. The number of hydrogen-bond donors (Lipinski definition) is 0. The molecule has 0 fully saturated rings. The first-order valence-corrected chi connectivity index (χ1v) is 5.16. The Hall–Kier alpha value is 0.0200. The maximum atomic E-state index is 6.14. The van der Waals surface area contributed by atoms with E-state index in [-0.39, 0.29) is 5.38 Å². The highest BCUT2D eigenvalue weighted by Crippen LogP contribution is 2.30. The van der Waals surface area contributed by atoms with E-state index in [9.17, 15) is 0 Å². The number of allylic oxidation sites excluding steroid dienone is 3. The molecule has 0 bridgehead atoms. The molecule has 1 nitrogen and oxygen atoms in total. The van der Waals surface area contributed by atoms with Gasteiger partial charge in [0.15, 0.2) is 0 Å². The SMILES string of the molecule is CC1=C(Cl)C=C(CN(C)C)CC1Cl. The van der Waals surface area contributed by atoms with E-state index in [1.807, 2.05) is 27.1 Å². The highest BCUT2D eigenvalue weighted by atomic mass is 35.5. The average molecular weight is 220 g/mol. The van der Waals surface area contributed by atoms with E-state index < -0.39 is 0 Å². The summed E-state index contributed by atoms with van der Waals surface area (Å²) in [7, 11) is 4.09. The van der Waals surface area contributed by atoms with E-state index in [4.69, 9.17) is 23.2 Å². The van der Waals surface area contributed by atoms with Crippen molar-refractivity contribution in [1.29, 1.82) is 0 Å². The molecule has 0 aromatic rings. The summed E-state index contributed by atoms with van der Waals surface area (Å²) in [5.41, 5.74) is 2.39. The van der Waals surface area contributed by atoms with Crippen LogP contribution in [0.3, 0.4) is 0 Å². The number of likely N-dealkylation sites (N-methyl/N-ethyl adjacent to an activating group) is 1. The van der Waals surface area contributed by atoms with Gasteiger partial charge in [-0.05, 0) is 39.1 Å². The minimum absolute atomic E-state index is 0.0763. The van der Waals surface area contributed by atoms with E-state index in [1.54, 1.807) is 0 Å². The summed E-state index contributed by atoms with van der Waals surface area (Å²) in [5.74, 6) is 0. The molecule has 0 aliphatic heterocycles. The van der Waals surface area contributed by atoms with Crippen molar-refractivity contribution in [3.63, 3.8) is 0 Å². The quantitative estimate of drug-likeness (QED) is 0.646. The molecule has 0 saturated heterocycles. The molecule has 74 valence electrons. The minimum atomic E-state index is 0.0763. The molecule has 3 heteroatoms. The molecule has 0 heterocycles. The van der Waals surface area contributed by atoms with Crippen LogP contribution < -0.4 is 0 Å². The maximum absolute atomic E-state index is 6.14. The first-order valence-electron chi connectivity index (χ1n) is 4.35. The van der Waals surface area contributed by atoms with Gasteiger partial charge in [-0.15, -0.1) is 11.6 Å². The fraction of sp³-hybridized carbons (Fsp3) is 0.600. The predicted molar refractivity (Wildman–Crippen MR) is 59.4 cm³/mol. The van der Waals surface area contributed by atoms with E-state index in [0.717, 1.165) is 23.6 Å². The topological polar surface area (TPSA) is 3.24 Å². The Morgan fingerprint density at radius 1 is 1.54 bits per heavy atom. The lowest BCUT2D eigenvalue weighted by molar-refractivity contribution is 0.438. The van der Waals surface area contributed by atoms with Crippen LogP contribution in [0.5, 0.6) is 0 Å². The predicted octanol–water partition coefficient (Wildman–Crippen LogP) is 3.00. The summed E-state index contributed by atoms with van der Waals surface area (Å²) in [6.07, 6.45) is 2.96. The van der Waals surface area contributed by atoms with E-state index in [0.29, 0.717) is 0 Å². The van der Waals surface area contributed by atoms with Crippen molar-refractivity contribution in [3.05, 3.63) is 22.3 Å². The van der Waals surface area contributed by atoms with Gasteiger partial charge in [0.25, 0.3) is 0 Å². The summed E-state index contributed by atoms with van der Waals surface area (Å²) in [6, 6.07) is 0. The fourth-order valence-electron chi connectivity index (χ4n) is 1.40. The standard InChI is InChI=1S/C10H15Cl2N/c1-7-9(11)4-8(5-10(7)12)6-13(2)3/h4,10H,5-6H2,1-3H3. The Bertz CT molecular complexity index is 250. The molecule has 0 radical (unpaired) electrons. The van der Waals surface area contributed by atoms with Gasteiger partial charge in [-0.2, -0.15) is 0 Å². The molecule has 0 amide bonds. The fourth-order valence-corrected chi connectivity index (χ4v) is 2.06. The van der Waals surface area contributed by atoms with Gasteiger partial charge in [0.2, 0.25) is 0 Å². The molecular formula is C10H15Cl2N. The van der Waals surface area contributed by atoms with Crippen LogP contribution in [0.2, 0.25) is 0 Å². The van der Waals surface area contributed by atoms with Crippen molar-refractivity contribution in [2.45, 2.75) is 18.7 Å². The average Bonchev–Trinajstić information content (AvgIpc) is 1.98. The Kier molecular flexibility index (Phi) is 3.84. The van der Waals surface area contributed by atoms with Crippen LogP contribution >= 0.6 is 23.2 Å². The lowest BCUT2D eigenvalue weighted by Crippen LogP contribution is -2.19. The van der Waals surface area contributed by atoms with Crippen LogP contribution in [-0.4, -0.2) is 30.9 Å². The molecule has 1 rings (SSSR count). The second-order valence-electron chi connectivity index (χ2n) is 3.74. The third kappa shape index (κ3) is 3.01. The lowest BCUT2D eigenvalue weighted by Gasteiger charge is -2.21. The molecule has 1 aliphatic carbocycles. The van der Waals surface area contributed by atoms with Gasteiger partial charge in [-0.3, -0.25) is 0 Å². The van der Waals surface area contributed by atoms with Crippen LogP contribution in [0.1, 0.15) is 13.3 Å². The second-order valence-corrected chi connectivity index (χ2v) is 4.68. The van der Waals surface area contributed by atoms with Gasteiger partial charge >= 0.3 is 0 Å². The van der Waals surface area contributed by atoms with Crippen molar-refractivity contribution in [2.75, 3.05) is 20.6 Å². The molecule has 1 unspecified atom stereocenters. The van der Waals surface area contributed by atoms with Crippen molar-refractivity contribution in [1.82, 2.24) is 4.90 Å². The van der Waals surface area contributed by atoms with E-state index in [2.05, 4.69) is 4.90 Å². The van der Waals surface area contributed by atoms with Crippen molar-refractivity contribution in [2.24, 2.45) is 0 Å². The van der Waals surface area contributed by atoms with Crippen LogP contribution in [0.15, 0.2) is 22.3 Å². The molecule has 0 saturated carbocycles. The summed E-state index contributed by atoms with van der Waals surface area (Å²) >= 11 is 12.2. The number of rotatable bonds is 2. The molecule has 1 aliphatic rings. The largest absolute Gasteiger partial charge is 0.305 e. The maximum Gasteiger partial charge on any atom is 0.0597 e. The first-order chi connectivity index (χ1) is 6.00. The van der Waals surface area contributed by atoms with Gasteiger partial charge < -0.3 is 4.90 Å². The second kappa shape index (κ2) is 4.50. The van der Waals surface area contributed by atoms with E-state index in [1.165, 1.54) is 5.57 Å². The highest BCUT2D eigenvalue weighted by molar-refractivity contribution is 6.33. The Labute approximate surface area is 90.0 Å². The van der Waals surface area contributed by atoms with Crippen molar-refractivity contribution in [3.8, 4) is 0 Å². The Morgan fingerprint density at radius 2 is 2.15 bits per heavy atom. The molecule has 1 atom stereocenters. The minimum Gasteiger partial charge on any atom is -0.305 e. The zero-order valence-corrected chi connectivity index (χ0v) is 9.78.